The third-order valence-corrected chi connectivity index (χ3v) is 5.38. The summed E-state index contributed by atoms with van der Waals surface area (Å²) < 4.78 is 50.8. The zero-order valence-corrected chi connectivity index (χ0v) is 16.9. The number of anilines is 1. The van der Waals surface area contributed by atoms with Gasteiger partial charge in [-0.15, -0.1) is 0 Å². The number of halogens is 3. The summed E-state index contributed by atoms with van der Waals surface area (Å²) in [7, 11) is 1.42. The fraction of sp³-hybridized carbons (Fsp3) is 0.364. The molecule has 2 heterocycles. The van der Waals surface area contributed by atoms with Crippen molar-refractivity contribution in [1.82, 2.24) is 9.88 Å². The highest BCUT2D eigenvalue weighted by Crippen LogP contribution is 2.44. The molecule has 2 N–H and O–H groups in total. The summed E-state index contributed by atoms with van der Waals surface area (Å²) in [4.78, 5) is 24.4. The number of carbonyl (C=O) groups excluding carboxylic acids is 1. The van der Waals surface area contributed by atoms with Crippen molar-refractivity contribution >= 4 is 11.7 Å². The highest BCUT2D eigenvalue weighted by atomic mass is 19.3. The molecule has 2 aliphatic rings. The SMILES string of the molecule is COc1ccn(Cc2cc3c(cc2F)C(C#CC2CC2)(C(C)(F)F)NC(=O)N3)c(=O)c1. The van der Waals surface area contributed by atoms with Gasteiger partial charge in [-0.2, -0.15) is 0 Å². The Kier molecular flexibility index (Phi) is 4.96. The number of aromatic nitrogens is 1. The summed E-state index contributed by atoms with van der Waals surface area (Å²) in [6.07, 6.45) is 3.05. The number of alkyl halides is 2. The smallest absolute Gasteiger partial charge is 0.320 e. The highest BCUT2D eigenvalue weighted by Gasteiger charge is 2.55. The number of carbonyl (C=O) groups is 1. The largest absolute Gasteiger partial charge is 0.497 e. The molecule has 2 aromatic rings. The summed E-state index contributed by atoms with van der Waals surface area (Å²) in [5.41, 5.74) is -2.86. The molecule has 1 atom stereocenters. The Labute approximate surface area is 176 Å². The van der Waals surface area contributed by atoms with Gasteiger partial charge in [0.1, 0.15) is 11.6 Å². The normalized spacial score (nSPS) is 20.1. The van der Waals surface area contributed by atoms with Crippen LogP contribution in [0.1, 0.15) is 30.9 Å². The van der Waals surface area contributed by atoms with Crippen molar-refractivity contribution in [2.45, 2.75) is 37.8 Å². The van der Waals surface area contributed by atoms with Gasteiger partial charge in [-0.1, -0.05) is 11.8 Å². The van der Waals surface area contributed by atoms with Gasteiger partial charge in [0, 0.05) is 41.9 Å². The third kappa shape index (κ3) is 3.85. The molecule has 0 radical (unpaired) electrons. The van der Waals surface area contributed by atoms with Crippen molar-refractivity contribution < 1.29 is 22.7 Å². The first-order chi connectivity index (χ1) is 14.6. The summed E-state index contributed by atoms with van der Waals surface area (Å²) in [6.45, 7) is 0.487. The molecule has 1 unspecified atom stereocenters. The summed E-state index contributed by atoms with van der Waals surface area (Å²) >= 11 is 0. The summed E-state index contributed by atoms with van der Waals surface area (Å²) in [5.74, 6) is 1.39. The average Bonchev–Trinajstić information content (AvgIpc) is 3.52. The lowest BCUT2D eigenvalue weighted by Gasteiger charge is -2.40. The van der Waals surface area contributed by atoms with Crippen molar-refractivity contribution in [1.29, 1.82) is 0 Å². The van der Waals surface area contributed by atoms with Gasteiger partial charge in [0.15, 0.2) is 5.54 Å². The Morgan fingerprint density at radius 2 is 2.03 bits per heavy atom. The van der Waals surface area contributed by atoms with Gasteiger partial charge in [-0.25, -0.2) is 18.0 Å². The Hall–Kier alpha value is -3.41. The van der Waals surface area contributed by atoms with Crippen LogP contribution in [0.15, 0.2) is 35.3 Å². The number of amides is 2. The number of ether oxygens (including phenoxy) is 1. The molecule has 31 heavy (non-hydrogen) atoms. The van der Waals surface area contributed by atoms with E-state index in [-0.39, 0.29) is 29.3 Å². The van der Waals surface area contributed by atoms with E-state index in [4.69, 9.17) is 4.74 Å². The molecule has 1 aromatic heterocycles. The zero-order chi connectivity index (χ0) is 22.4. The van der Waals surface area contributed by atoms with Gasteiger partial charge in [-0.3, -0.25) is 4.79 Å². The van der Waals surface area contributed by atoms with Crippen LogP contribution in [0.25, 0.3) is 0 Å². The molecule has 1 aromatic carbocycles. The summed E-state index contributed by atoms with van der Waals surface area (Å²) in [5, 5.41) is 4.67. The van der Waals surface area contributed by atoms with Crippen LogP contribution < -0.4 is 20.9 Å². The molecule has 162 valence electrons. The maximum absolute atomic E-state index is 15.0. The van der Waals surface area contributed by atoms with E-state index in [0.29, 0.717) is 12.7 Å². The molecule has 4 rings (SSSR count). The topological polar surface area (TPSA) is 72.4 Å². The van der Waals surface area contributed by atoms with Gasteiger partial charge in [0.05, 0.1) is 13.7 Å². The average molecular weight is 431 g/mol. The second kappa shape index (κ2) is 7.38. The molecule has 1 aliphatic heterocycles. The minimum absolute atomic E-state index is 0.000491. The van der Waals surface area contributed by atoms with Crippen LogP contribution in [0.4, 0.5) is 23.7 Å². The van der Waals surface area contributed by atoms with Crippen LogP contribution in [0, 0.1) is 23.6 Å². The van der Waals surface area contributed by atoms with E-state index in [1.165, 1.54) is 30.0 Å². The van der Waals surface area contributed by atoms with Crippen molar-refractivity contribution in [3.05, 3.63) is 57.8 Å². The van der Waals surface area contributed by atoms with Gasteiger partial charge >= 0.3 is 6.03 Å². The molecule has 1 aliphatic carbocycles. The standard InChI is InChI=1S/C22H20F3N3O3/c1-21(24,25)22(7-5-13-3-4-13)16-11-17(23)14(9-18(16)26-20(30)27-22)12-28-8-6-15(31-2)10-19(28)29/h6,8-11,13H,3-4,12H2,1-2H3,(H2,26,27,30). The number of rotatable bonds is 4. The second-order valence-electron chi connectivity index (χ2n) is 7.78. The number of hydrogen-bond donors (Lipinski definition) is 2. The third-order valence-electron chi connectivity index (χ3n) is 5.38. The van der Waals surface area contributed by atoms with Crippen LogP contribution in [-0.4, -0.2) is 23.6 Å². The Morgan fingerprint density at radius 1 is 1.29 bits per heavy atom. The molecule has 0 saturated heterocycles. The van der Waals surface area contributed by atoms with Crippen molar-refractivity contribution in [3.8, 4) is 17.6 Å². The van der Waals surface area contributed by atoms with Gasteiger partial charge < -0.3 is 19.9 Å². The van der Waals surface area contributed by atoms with E-state index < -0.39 is 28.9 Å². The van der Waals surface area contributed by atoms with Gasteiger partial charge in [-0.05, 0) is 31.0 Å². The van der Waals surface area contributed by atoms with E-state index in [2.05, 4.69) is 22.5 Å². The number of nitrogens with zero attached hydrogens (tertiary/aromatic N) is 1. The summed E-state index contributed by atoms with van der Waals surface area (Å²) in [6, 6.07) is 4.14. The van der Waals surface area contributed by atoms with Crippen molar-refractivity contribution in [2.24, 2.45) is 5.92 Å². The first-order valence-corrected chi connectivity index (χ1v) is 9.70. The van der Waals surface area contributed by atoms with E-state index in [0.717, 1.165) is 18.9 Å². The van der Waals surface area contributed by atoms with Crippen LogP contribution in [0.2, 0.25) is 0 Å². The lowest BCUT2D eigenvalue weighted by molar-refractivity contribution is -0.0465. The van der Waals surface area contributed by atoms with Crippen molar-refractivity contribution in [2.75, 3.05) is 12.4 Å². The lowest BCUT2D eigenvalue weighted by Crippen LogP contribution is -2.59. The van der Waals surface area contributed by atoms with E-state index in [1.54, 1.807) is 6.07 Å². The molecule has 9 heteroatoms. The first kappa shape index (κ1) is 20.8. The number of fused-ring (bicyclic) bond motifs is 1. The number of hydrogen-bond acceptors (Lipinski definition) is 3. The van der Waals surface area contributed by atoms with Crippen LogP contribution in [0.5, 0.6) is 5.75 Å². The minimum Gasteiger partial charge on any atom is -0.497 e. The number of nitrogens with one attached hydrogen (secondary N) is 2. The number of benzene rings is 1. The van der Waals surface area contributed by atoms with E-state index in [1.807, 2.05) is 0 Å². The van der Waals surface area contributed by atoms with Crippen LogP contribution in [0.3, 0.4) is 0 Å². The van der Waals surface area contributed by atoms with Crippen LogP contribution >= 0.6 is 0 Å². The number of urea groups is 1. The first-order valence-electron chi connectivity index (χ1n) is 9.70. The Morgan fingerprint density at radius 3 is 2.65 bits per heavy atom. The quantitative estimate of drug-likeness (QED) is 0.729. The Bertz CT molecular complexity index is 1170. The van der Waals surface area contributed by atoms with Crippen LogP contribution in [-0.2, 0) is 12.1 Å². The molecule has 0 bridgehead atoms. The fourth-order valence-electron chi connectivity index (χ4n) is 3.47. The molecule has 0 spiro atoms. The fourth-order valence-corrected chi connectivity index (χ4v) is 3.47. The van der Waals surface area contributed by atoms with E-state index in [9.17, 15) is 18.4 Å². The minimum atomic E-state index is -3.48. The predicted molar refractivity (Wildman–Crippen MR) is 108 cm³/mol. The molecule has 2 amide bonds. The van der Waals surface area contributed by atoms with Crippen molar-refractivity contribution in [3.63, 3.8) is 0 Å². The predicted octanol–water partition coefficient (Wildman–Crippen LogP) is 3.44. The van der Waals surface area contributed by atoms with Gasteiger partial charge in [0.2, 0.25) is 0 Å². The lowest BCUT2D eigenvalue weighted by atomic mass is 9.81. The molecule has 6 nitrogen and oxygen atoms in total. The number of pyridine rings is 1. The molecular formula is C22H20F3N3O3. The van der Waals surface area contributed by atoms with E-state index >= 15 is 4.39 Å². The number of methoxy groups -OCH3 is 1. The van der Waals surface area contributed by atoms with Gasteiger partial charge in [0.25, 0.3) is 11.5 Å². The molecule has 1 fully saturated rings. The second-order valence-corrected chi connectivity index (χ2v) is 7.78. The maximum Gasteiger partial charge on any atom is 0.320 e. The zero-order valence-electron chi connectivity index (χ0n) is 16.9. The molecule has 1 saturated carbocycles. The highest BCUT2D eigenvalue weighted by molar-refractivity contribution is 5.95. The molecular weight excluding hydrogens is 411 g/mol. The Balaban J connectivity index is 1.80. The maximum atomic E-state index is 15.0. The monoisotopic (exact) mass is 431 g/mol.